The van der Waals surface area contributed by atoms with E-state index in [2.05, 4.69) is 10.3 Å². The van der Waals surface area contributed by atoms with E-state index in [9.17, 15) is 9.59 Å². The summed E-state index contributed by atoms with van der Waals surface area (Å²) in [5, 5.41) is 3.66. The summed E-state index contributed by atoms with van der Waals surface area (Å²) in [4.78, 5) is 28.8. The van der Waals surface area contributed by atoms with E-state index >= 15 is 0 Å². The minimum Gasteiger partial charge on any atom is -0.350 e. The number of hydrogen-bond donors (Lipinski definition) is 1. The van der Waals surface area contributed by atoms with Gasteiger partial charge in [0.1, 0.15) is 5.01 Å². The maximum atomic E-state index is 11.9. The first-order chi connectivity index (χ1) is 11.1. The summed E-state index contributed by atoms with van der Waals surface area (Å²) in [7, 11) is 0. The second-order valence-electron chi connectivity index (χ2n) is 4.88. The van der Waals surface area contributed by atoms with Crippen LogP contribution in [0.4, 0.5) is 0 Å². The van der Waals surface area contributed by atoms with E-state index in [0.717, 1.165) is 15.2 Å². The second-order valence-corrected chi connectivity index (χ2v) is 7.71. The fourth-order valence-electron chi connectivity index (χ4n) is 2.07. The normalized spacial score (nSPS) is 10.8. The lowest BCUT2D eigenvalue weighted by molar-refractivity contribution is -0.121. The number of hydrogen-bond acceptors (Lipinski definition) is 5. The molecule has 1 aromatic carbocycles. The van der Waals surface area contributed by atoms with Crippen molar-refractivity contribution in [3.8, 4) is 0 Å². The largest absolute Gasteiger partial charge is 0.350 e. The third-order valence-corrected chi connectivity index (χ3v) is 5.51. The van der Waals surface area contributed by atoms with Crippen molar-refractivity contribution >= 4 is 56.2 Å². The van der Waals surface area contributed by atoms with E-state index < -0.39 is 0 Å². The first-order valence-corrected chi connectivity index (χ1v) is 9.02. The molecule has 118 valence electrons. The highest BCUT2D eigenvalue weighted by Crippen LogP contribution is 2.23. The van der Waals surface area contributed by atoms with Crippen LogP contribution in [0.15, 0.2) is 36.4 Å². The van der Waals surface area contributed by atoms with Crippen molar-refractivity contribution in [1.29, 1.82) is 0 Å². The van der Waals surface area contributed by atoms with Gasteiger partial charge in [0.05, 0.1) is 26.0 Å². The zero-order chi connectivity index (χ0) is 16.2. The Morgan fingerprint density at radius 2 is 1.91 bits per heavy atom. The van der Waals surface area contributed by atoms with Crippen LogP contribution >= 0.6 is 34.3 Å². The monoisotopic (exact) mass is 364 g/mol. The standard InChI is InChI=1S/C16H13ClN2O2S2/c17-14-7-6-13(22-14)11(20)5-8-15(21)18-9-16-19-10-3-1-2-4-12(10)23-16/h1-4,6-7H,5,8-9H2,(H,18,21). The Kier molecular flexibility index (Phi) is 5.05. The number of Topliss-reactive ketones (excluding diaryl/α,β-unsaturated/α-hetero) is 1. The van der Waals surface area contributed by atoms with Crippen molar-refractivity contribution in [3.63, 3.8) is 0 Å². The molecule has 0 saturated heterocycles. The predicted molar refractivity (Wildman–Crippen MR) is 94.4 cm³/mol. The van der Waals surface area contributed by atoms with Crippen LogP contribution in [0.3, 0.4) is 0 Å². The number of nitrogens with zero attached hydrogens (tertiary/aromatic N) is 1. The molecule has 3 aromatic rings. The number of amides is 1. The lowest BCUT2D eigenvalue weighted by atomic mass is 10.2. The number of fused-ring (bicyclic) bond motifs is 1. The zero-order valence-corrected chi connectivity index (χ0v) is 14.4. The summed E-state index contributed by atoms with van der Waals surface area (Å²) >= 11 is 8.59. The molecule has 0 saturated carbocycles. The summed E-state index contributed by atoms with van der Waals surface area (Å²) in [6, 6.07) is 11.2. The average molecular weight is 365 g/mol. The Balaban J connectivity index is 1.48. The number of aromatic nitrogens is 1. The lowest BCUT2D eigenvalue weighted by Crippen LogP contribution is -2.23. The molecule has 2 heterocycles. The third kappa shape index (κ3) is 4.16. The number of thiophene rings is 1. The molecule has 0 aliphatic rings. The number of nitrogens with one attached hydrogen (secondary N) is 1. The maximum absolute atomic E-state index is 11.9. The number of carbonyl (C=O) groups is 2. The summed E-state index contributed by atoms with van der Waals surface area (Å²) in [5.74, 6) is -0.211. The highest BCUT2D eigenvalue weighted by atomic mass is 35.5. The van der Waals surface area contributed by atoms with Gasteiger partial charge in [0.15, 0.2) is 5.78 Å². The van der Waals surface area contributed by atoms with Crippen LogP contribution < -0.4 is 5.32 Å². The van der Waals surface area contributed by atoms with Crippen LogP contribution in [0, 0.1) is 0 Å². The van der Waals surface area contributed by atoms with Gasteiger partial charge >= 0.3 is 0 Å². The summed E-state index contributed by atoms with van der Waals surface area (Å²) in [6.07, 6.45) is 0.349. The number of rotatable bonds is 6. The van der Waals surface area contributed by atoms with Gasteiger partial charge in [0.2, 0.25) is 5.91 Å². The predicted octanol–water partition coefficient (Wildman–Crippen LogP) is 4.29. The Hall–Kier alpha value is -1.76. The third-order valence-electron chi connectivity index (χ3n) is 3.20. The molecule has 0 unspecified atom stereocenters. The van der Waals surface area contributed by atoms with Gasteiger partial charge in [-0.2, -0.15) is 0 Å². The summed E-state index contributed by atoms with van der Waals surface area (Å²) < 4.78 is 1.68. The molecule has 0 radical (unpaired) electrons. The second kappa shape index (κ2) is 7.21. The van der Waals surface area contributed by atoms with E-state index in [4.69, 9.17) is 11.6 Å². The summed E-state index contributed by atoms with van der Waals surface area (Å²) in [5.41, 5.74) is 0.937. The lowest BCUT2D eigenvalue weighted by Gasteiger charge is -2.02. The number of halogens is 1. The van der Waals surface area contributed by atoms with Crippen LogP contribution in [0.1, 0.15) is 27.5 Å². The average Bonchev–Trinajstić information content (AvgIpc) is 3.16. The Morgan fingerprint density at radius 1 is 1.09 bits per heavy atom. The van der Waals surface area contributed by atoms with Crippen LogP contribution in [0.2, 0.25) is 4.34 Å². The van der Waals surface area contributed by atoms with E-state index in [1.165, 1.54) is 11.3 Å². The van der Waals surface area contributed by atoms with Gasteiger partial charge in [-0.3, -0.25) is 9.59 Å². The molecule has 0 atom stereocenters. The molecule has 4 nitrogen and oxygen atoms in total. The molecule has 0 aliphatic carbocycles. The Bertz CT molecular complexity index is 824. The molecule has 0 bridgehead atoms. The maximum Gasteiger partial charge on any atom is 0.220 e. The van der Waals surface area contributed by atoms with E-state index in [-0.39, 0.29) is 24.5 Å². The quantitative estimate of drug-likeness (QED) is 0.664. The molecule has 1 amide bonds. The highest BCUT2D eigenvalue weighted by Gasteiger charge is 2.12. The van der Waals surface area contributed by atoms with Crippen LogP contribution in [-0.4, -0.2) is 16.7 Å². The number of para-hydroxylation sites is 1. The van der Waals surface area contributed by atoms with Crippen molar-refractivity contribution in [2.24, 2.45) is 0 Å². The molecule has 7 heteroatoms. The van der Waals surface area contributed by atoms with Gasteiger partial charge in [-0.1, -0.05) is 23.7 Å². The SMILES string of the molecule is O=C(CCC(=O)c1ccc(Cl)s1)NCc1nc2ccccc2s1. The van der Waals surface area contributed by atoms with E-state index in [0.29, 0.717) is 15.8 Å². The van der Waals surface area contributed by atoms with Crippen molar-refractivity contribution in [1.82, 2.24) is 10.3 Å². The van der Waals surface area contributed by atoms with Crippen LogP contribution in [0.5, 0.6) is 0 Å². The number of carbonyl (C=O) groups excluding carboxylic acids is 2. The first kappa shape index (κ1) is 16.1. The molecule has 0 aliphatic heterocycles. The van der Waals surface area contributed by atoms with Crippen molar-refractivity contribution in [2.45, 2.75) is 19.4 Å². The molecule has 3 rings (SSSR count). The smallest absolute Gasteiger partial charge is 0.220 e. The minimum atomic E-state index is -0.153. The van der Waals surface area contributed by atoms with Crippen LogP contribution in [-0.2, 0) is 11.3 Å². The van der Waals surface area contributed by atoms with Gasteiger partial charge in [0.25, 0.3) is 0 Å². The summed E-state index contributed by atoms with van der Waals surface area (Å²) in [6.45, 7) is 0.386. The van der Waals surface area contributed by atoms with Gasteiger partial charge in [-0.05, 0) is 24.3 Å². The highest BCUT2D eigenvalue weighted by molar-refractivity contribution is 7.18. The van der Waals surface area contributed by atoms with Crippen molar-refractivity contribution in [2.75, 3.05) is 0 Å². The molecular weight excluding hydrogens is 352 g/mol. The fraction of sp³-hybridized carbons (Fsp3) is 0.188. The Morgan fingerprint density at radius 3 is 2.65 bits per heavy atom. The molecule has 23 heavy (non-hydrogen) atoms. The van der Waals surface area contributed by atoms with E-state index in [1.54, 1.807) is 23.5 Å². The molecular formula is C16H13ClN2O2S2. The van der Waals surface area contributed by atoms with Gasteiger partial charge < -0.3 is 5.32 Å². The van der Waals surface area contributed by atoms with Gasteiger partial charge in [-0.15, -0.1) is 22.7 Å². The van der Waals surface area contributed by atoms with Crippen molar-refractivity contribution in [3.05, 3.63) is 50.6 Å². The molecule has 0 spiro atoms. The van der Waals surface area contributed by atoms with Crippen molar-refractivity contribution < 1.29 is 9.59 Å². The topological polar surface area (TPSA) is 59.1 Å². The van der Waals surface area contributed by atoms with Crippen LogP contribution in [0.25, 0.3) is 10.2 Å². The Labute approximate surface area is 146 Å². The van der Waals surface area contributed by atoms with E-state index in [1.807, 2.05) is 24.3 Å². The number of ketones is 1. The number of benzene rings is 1. The van der Waals surface area contributed by atoms with Gasteiger partial charge in [0, 0.05) is 12.8 Å². The first-order valence-electron chi connectivity index (χ1n) is 7.01. The number of thiazole rings is 1. The van der Waals surface area contributed by atoms with Gasteiger partial charge in [-0.25, -0.2) is 4.98 Å². The molecule has 2 aromatic heterocycles. The molecule has 1 N–H and O–H groups in total. The molecule has 0 fully saturated rings. The zero-order valence-electron chi connectivity index (χ0n) is 12.0. The fourth-order valence-corrected chi connectivity index (χ4v) is 3.99. The minimum absolute atomic E-state index is 0.0583.